The Kier molecular flexibility index (Phi) is 2.76. The maximum absolute atomic E-state index is 5.95. The lowest BCUT2D eigenvalue weighted by atomic mass is 10.0. The van der Waals surface area contributed by atoms with Gasteiger partial charge in [-0.15, -0.1) is 0 Å². The molecule has 0 amide bonds. The number of ether oxygens (including phenoxy) is 1. The molecule has 1 aromatic rings. The molecule has 2 aliphatic rings. The lowest BCUT2D eigenvalue weighted by Gasteiger charge is -2.29. The molecule has 2 unspecified atom stereocenters. The minimum Gasteiger partial charge on any atom is -0.474 e. The first kappa shape index (κ1) is 11.0. The summed E-state index contributed by atoms with van der Waals surface area (Å²) < 4.78 is 5.93. The Morgan fingerprint density at radius 3 is 2.71 bits per heavy atom. The third-order valence-corrected chi connectivity index (χ3v) is 3.67. The summed E-state index contributed by atoms with van der Waals surface area (Å²) in [5, 5.41) is 3.95. The molecule has 3 heterocycles. The molecular weight excluding hydrogens is 238 g/mol. The molecule has 2 aliphatic heterocycles. The maximum atomic E-state index is 5.95. The van der Waals surface area contributed by atoms with Crippen LogP contribution in [-0.2, 0) is 0 Å². The highest BCUT2D eigenvalue weighted by molar-refractivity contribution is 6.30. The lowest BCUT2D eigenvalue weighted by Crippen LogP contribution is -2.43. The van der Waals surface area contributed by atoms with Crippen LogP contribution in [0.5, 0.6) is 5.88 Å². The molecule has 90 valence electrons. The van der Waals surface area contributed by atoms with Crippen LogP contribution in [0.25, 0.3) is 0 Å². The number of aromatic nitrogens is 2. The monoisotopic (exact) mass is 251 g/mol. The number of halogens is 1. The maximum Gasteiger partial charge on any atom is 0.221 e. The molecule has 1 aromatic heterocycles. The zero-order chi connectivity index (χ0) is 11.8. The van der Waals surface area contributed by atoms with E-state index in [9.17, 15) is 0 Å². The van der Waals surface area contributed by atoms with Crippen molar-refractivity contribution in [3.63, 3.8) is 0 Å². The fourth-order valence-corrected chi connectivity index (χ4v) is 2.52. The lowest BCUT2D eigenvalue weighted by molar-refractivity contribution is 0.135. The van der Waals surface area contributed by atoms with Gasteiger partial charge in [0.05, 0.1) is 0 Å². The zero-order valence-electron chi connectivity index (χ0n) is 9.56. The fourth-order valence-electron chi connectivity index (χ4n) is 2.40. The number of fused-ring (bicyclic) bond motifs is 2. The molecular formula is C12H14ClN3O. The highest BCUT2D eigenvalue weighted by atomic mass is 35.5. The average Bonchev–Trinajstić information content (AvgIpc) is 2.65. The molecule has 1 saturated heterocycles. The van der Waals surface area contributed by atoms with E-state index in [1.807, 2.05) is 6.92 Å². The van der Waals surface area contributed by atoms with E-state index in [2.05, 4.69) is 27.4 Å². The zero-order valence-corrected chi connectivity index (χ0v) is 10.3. The molecule has 0 aromatic carbocycles. The molecule has 17 heavy (non-hydrogen) atoms. The van der Waals surface area contributed by atoms with Gasteiger partial charge in [0, 0.05) is 30.5 Å². The Bertz CT molecular complexity index is 449. The van der Waals surface area contributed by atoms with Crippen LogP contribution in [-0.4, -0.2) is 28.2 Å². The second-order valence-electron chi connectivity index (χ2n) is 4.57. The number of hydrogen-bond acceptors (Lipinski definition) is 4. The van der Waals surface area contributed by atoms with Crippen LogP contribution in [0.4, 0.5) is 0 Å². The van der Waals surface area contributed by atoms with Crippen molar-refractivity contribution in [2.75, 3.05) is 0 Å². The van der Waals surface area contributed by atoms with Gasteiger partial charge in [0.25, 0.3) is 0 Å². The molecule has 1 N–H and O–H groups in total. The van der Waals surface area contributed by atoms with Crippen LogP contribution in [0.3, 0.4) is 0 Å². The summed E-state index contributed by atoms with van der Waals surface area (Å²) in [6, 6.07) is 0.882. The summed E-state index contributed by atoms with van der Waals surface area (Å²) in [6.07, 6.45) is 8.04. The Morgan fingerprint density at radius 1 is 1.29 bits per heavy atom. The van der Waals surface area contributed by atoms with E-state index in [4.69, 9.17) is 16.3 Å². The van der Waals surface area contributed by atoms with Crippen molar-refractivity contribution in [1.82, 2.24) is 15.3 Å². The van der Waals surface area contributed by atoms with Crippen LogP contribution < -0.4 is 10.1 Å². The molecule has 5 heteroatoms. The normalized spacial score (nSPS) is 30.6. The minimum absolute atomic E-state index is 0.200. The van der Waals surface area contributed by atoms with E-state index < -0.39 is 0 Å². The third kappa shape index (κ3) is 2.15. The van der Waals surface area contributed by atoms with E-state index in [1.54, 1.807) is 0 Å². The Morgan fingerprint density at radius 2 is 2.00 bits per heavy atom. The van der Waals surface area contributed by atoms with Gasteiger partial charge in [-0.25, -0.2) is 9.97 Å². The first-order valence-corrected chi connectivity index (χ1v) is 6.18. The van der Waals surface area contributed by atoms with E-state index >= 15 is 0 Å². The molecule has 0 spiro atoms. The molecule has 0 radical (unpaired) electrons. The predicted molar refractivity (Wildman–Crippen MR) is 65.3 cm³/mol. The van der Waals surface area contributed by atoms with Crippen LogP contribution in [0.15, 0.2) is 18.5 Å². The van der Waals surface area contributed by atoms with Crippen molar-refractivity contribution >= 4 is 11.6 Å². The molecule has 4 nitrogen and oxygen atoms in total. The van der Waals surface area contributed by atoms with Crippen molar-refractivity contribution < 1.29 is 4.74 Å². The summed E-state index contributed by atoms with van der Waals surface area (Å²) in [5.41, 5.74) is 0.813. The standard InChI is InChI=1S/C12H14ClN3O/c1-7-11(13)14-6-15-12(7)17-10-4-8-2-3-9(5-10)16-8/h2-3,6,8-10,16H,4-5H2,1H3/t8-,9?,10?/m0/s1. The van der Waals surface area contributed by atoms with Gasteiger partial charge in [-0.3, -0.25) is 0 Å². The van der Waals surface area contributed by atoms with Crippen LogP contribution in [0.2, 0.25) is 5.15 Å². The smallest absolute Gasteiger partial charge is 0.221 e. The largest absolute Gasteiger partial charge is 0.474 e. The van der Waals surface area contributed by atoms with Crippen molar-refractivity contribution in [2.24, 2.45) is 0 Å². The number of piperidine rings is 1. The first-order valence-electron chi connectivity index (χ1n) is 5.80. The summed E-state index contributed by atoms with van der Waals surface area (Å²) in [6.45, 7) is 1.88. The average molecular weight is 252 g/mol. The van der Waals surface area contributed by atoms with Crippen LogP contribution >= 0.6 is 11.6 Å². The van der Waals surface area contributed by atoms with E-state index in [0.29, 0.717) is 23.1 Å². The third-order valence-electron chi connectivity index (χ3n) is 3.29. The molecule has 0 aliphatic carbocycles. The van der Waals surface area contributed by atoms with Crippen molar-refractivity contribution in [2.45, 2.75) is 38.0 Å². The van der Waals surface area contributed by atoms with Gasteiger partial charge in [0.2, 0.25) is 5.88 Å². The van der Waals surface area contributed by atoms with Crippen molar-refractivity contribution in [3.8, 4) is 5.88 Å². The molecule has 3 atom stereocenters. The Hall–Kier alpha value is -1.13. The molecule has 3 rings (SSSR count). The van der Waals surface area contributed by atoms with Crippen LogP contribution in [0, 0.1) is 6.92 Å². The summed E-state index contributed by atoms with van der Waals surface area (Å²) in [4.78, 5) is 8.07. The second kappa shape index (κ2) is 4.27. The number of hydrogen-bond donors (Lipinski definition) is 1. The van der Waals surface area contributed by atoms with Gasteiger partial charge in [-0.05, 0) is 6.92 Å². The summed E-state index contributed by atoms with van der Waals surface area (Å²) in [7, 11) is 0. The van der Waals surface area contributed by atoms with Gasteiger partial charge in [0.1, 0.15) is 17.6 Å². The van der Waals surface area contributed by atoms with Crippen LogP contribution in [0.1, 0.15) is 18.4 Å². The number of nitrogens with one attached hydrogen (secondary N) is 1. The fraction of sp³-hybridized carbons (Fsp3) is 0.500. The van der Waals surface area contributed by atoms with Gasteiger partial charge < -0.3 is 10.1 Å². The number of nitrogens with zero attached hydrogens (tertiary/aromatic N) is 2. The van der Waals surface area contributed by atoms with E-state index in [0.717, 1.165) is 18.4 Å². The first-order chi connectivity index (χ1) is 8.22. The molecule has 1 fully saturated rings. The topological polar surface area (TPSA) is 47.0 Å². The molecule has 0 saturated carbocycles. The predicted octanol–water partition coefficient (Wildman–Crippen LogP) is 1.88. The molecule has 2 bridgehead atoms. The van der Waals surface area contributed by atoms with Crippen molar-refractivity contribution in [3.05, 3.63) is 29.2 Å². The van der Waals surface area contributed by atoms with Gasteiger partial charge in [0.15, 0.2) is 0 Å². The highest BCUT2D eigenvalue weighted by Crippen LogP contribution is 2.27. The Labute approximate surface area is 105 Å². The summed E-state index contributed by atoms with van der Waals surface area (Å²) >= 11 is 5.95. The highest BCUT2D eigenvalue weighted by Gasteiger charge is 2.31. The summed E-state index contributed by atoms with van der Waals surface area (Å²) in [5.74, 6) is 0.608. The van der Waals surface area contributed by atoms with Gasteiger partial charge in [-0.1, -0.05) is 23.8 Å². The van der Waals surface area contributed by atoms with Gasteiger partial charge >= 0.3 is 0 Å². The second-order valence-corrected chi connectivity index (χ2v) is 4.93. The van der Waals surface area contributed by atoms with Crippen molar-refractivity contribution in [1.29, 1.82) is 0 Å². The van der Waals surface area contributed by atoms with E-state index in [1.165, 1.54) is 6.33 Å². The van der Waals surface area contributed by atoms with Gasteiger partial charge in [-0.2, -0.15) is 0 Å². The quantitative estimate of drug-likeness (QED) is 0.644. The minimum atomic E-state index is 0.200. The van der Waals surface area contributed by atoms with E-state index in [-0.39, 0.29) is 6.10 Å². The number of rotatable bonds is 2. The SMILES string of the molecule is Cc1c(Cl)ncnc1OC1CC2C=C[C@@H](C1)N2. The Balaban J connectivity index is 1.73.